The van der Waals surface area contributed by atoms with Crippen LogP contribution in [0.3, 0.4) is 0 Å². The molecule has 1 N–H and O–H groups in total. The van der Waals surface area contributed by atoms with Gasteiger partial charge in [0.25, 0.3) is 0 Å². The molecule has 1 atom stereocenters. The first-order chi connectivity index (χ1) is 9.25. The fourth-order valence-corrected chi connectivity index (χ4v) is 1.95. The van der Waals surface area contributed by atoms with Crippen LogP contribution in [-0.4, -0.2) is 11.7 Å². The second-order valence-electron chi connectivity index (χ2n) is 4.68. The first-order valence-corrected chi connectivity index (χ1v) is 6.70. The molecule has 1 unspecified atom stereocenters. The molecule has 2 aromatic rings. The summed E-state index contributed by atoms with van der Waals surface area (Å²) in [6.45, 7) is 2.47. The summed E-state index contributed by atoms with van der Waals surface area (Å²) in [6, 6.07) is 18.0. The van der Waals surface area contributed by atoms with E-state index in [4.69, 9.17) is 4.74 Å². The Morgan fingerprint density at radius 2 is 1.68 bits per heavy atom. The molecule has 0 spiro atoms. The zero-order chi connectivity index (χ0) is 13.5. The molecule has 0 fully saturated rings. The van der Waals surface area contributed by atoms with Gasteiger partial charge in [-0.2, -0.15) is 0 Å². The van der Waals surface area contributed by atoms with E-state index in [1.807, 2.05) is 30.3 Å². The second-order valence-corrected chi connectivity index (χ2v) is 4.68. The largest absolute Gasteiger partial charge is 0.494 e. The quantitative estimate of drug-likeness (QED) is 0.798. The Balaban J connectivity index is 1.74. The molecule has 0 aliphatic carbocycles. The van der Waals surface area contributed by atoms with E-state index in [1.165, 1.54) is 5.56 Å². The minimum Gasteiger partial charge on any atom is -0.494 e. The van der Waals surface area contributed by atoms with E-state index in [-0.39, 0.29) is 0 Å². The number of rotatable bonds is 6. The summed E-state index contributed by atoms with van der Waals surface area (Å²) in [6.07, 6.45) is 1.61. The third kappa shape index (κ3) is 4.42. The van der Waals surface area contributed by atoms with E-state index in [0.29, 0.717) is 6.61 Å². The van der Waals surface area contributed by atoms with Crippen LogP contribution in [0.1, 0.15) is 30.6 Å². The zero-order valence-corrected chi connectivity index (χ0v) is 11.3. The molecule has 0 saturated carbocycles. The van der Waals surface area contributed by atoms with E-state index in [0.717, 1.165) is 24.2 Å². The number of aliphatic hydroxyl groups is 1. The third-order valence-corrected chi connectivity index (χ3v) is 3.08. The van der Waals surface area contributed by atoms with Crippen molar-refractivity contribution < 1.29 is 9.84 Å². The van der Waals surface area contributed by atoms with Crippen molar-refractivity contribution >= 4 is 0 Å². The molecule has 0 aromatic heterocycles. The maximum absolute atomic E-state index is 9.41. The summed E-state index contributed by atoms with van der Waals surface area (Å²) in [5.74, 6) is 0.859. The highest BCUT2D eigenvalue weighted by atomic mass is 16.5. The average Bonchev–Trinajstić information content (AvgIpc) is 2.45. The molecular formula is C17H20O2. The van der Waals surface area contributed by atoms with Crippen molar-refractivity contribution in [1.82, 2.24) is 0 Å². The Morgan fingerprint density at radius 3 is 2.32 bits per heavy atom. The Kier molecular flexibility index (Phi) is 4.99. The zero-order valence-electron chi connectivity index (χ0n) is 11.3. The van der Waals surface area contributed by atoms with Gasteiger partial charge >= 0.3 is 0 Å². The van der Waals surface area contributed by atoms with E-state index >= 15 is 0 Å². The second kappa shape index (κ2) is 6.95. The highest BCUT2D eigenvalue weighted by Gasteiger charge is 2.00. The average molecular weight is 256 g/mol. The van der Waals surface area contributed by atoms with Gasteiger partial charge in [0.15, 0.2) is 0 Å². The number of hydrogen-bond donors (Lipinski definition) is 1. The summed E-state index contributed by atoms with van der Waals surface area (Å²) in [5, 5.41) is 9.41. The first kappa shape index (κ1) is 13.6. The fourth-order valence-electron chi connectivity index (χ4n) is 1.95. The Bertz CT molecular complexity index is 474. The van der Waals surface area contributed by atoms with Gasteiger partial charge in [-0.25, -0.2) is 0 Å². The number of aryl methyl sites for hydroxylation is 1. The minimum atomic E-state index is -0.424. The van der Waals surface area contributed by atoms with Gasteiger partial charge in [0, 0.05) is 0 Å². The van der Waals surface area contributed by atoms with Gasteiger partial charge in [0.1, 0.15) is 5.75 Å². The van der Waals surface area contributed by atoms with Gasteiger partial charge in [0.2, 0.25) is 0 Å². The fraction of sp³-hybridized carbons (Fsp3) is 0.294. The highest BCUT2D eigenvalue weighted by Crippen LogP contribution is 2.17. The molecule has 0 aliphatic rings. The standard InChI is InChI=1S/C17H20O2/c1-14(18)16-9-11-17(12-10-16)19-13-5-8-15-6-3-2-4-7-15/h2-4,6-7,9-12,14,18H,5,8,13H2,1H3. The lowest BCUT2D eigenvalue weighted by atomic mass is 10.1. The Hall–Kier alpha value is -1.80. The van der Waals surface area contributed by atoms with Crippen LogP contribution in [-0.2, 0) is 6.42 Å². The SMILES string of the molecule is CC(O)c1ccc(OCCCc2ccccc2)cc1. The van der Waals surface area contributed by atoms with E-state index in [1.54, 1.807) is 6.92 Å². The molecule has 19 heavy (non-hydrogen) atoms. The van der Waals surface area contributed by atoms with Gasteiger partial charge in [-0.1, -0.05) is 42.5 Å². The third-order valence-electron chi connectivity index (χ3n) is 3.08. The molecule has 100 valence electrons. The van der Waals surface area contributed by atoms with Gasteiger partial charge in [-0.3, -0.25) is 0 Å². The summed E-state index contributed by atoms with van der Waals surface area (Å²) in [4.78, 5) is 0. The minimum absolute atomic E-state index is 0.424. The lowest BCUT2D eigenvalue weighted by Gasteiger charge is -2.08. The molecule has 0 saturated heterocycles. The van der Waals surface area contributed by atoms with Crippen LogP contribution in [0.4, 0.5) is 0 Å². The lowest BCUT2D eigenvalue weighted by molar-refractivity contribution is 0.199. The van der Waals surface area contributed by atoms with Crippen LogP contribution in [0.5, 0.6) is 5.75 Å². The summed E-state index contributed by atoms with van der Waals surface area (Å²) in [7, 11) is 0. The van der Waals surface area contributed by atoms with Gasteiger partial charge < -0.3 is 9.84 Å². The number of hydrogen-bond acceptors (Lipinski definition) is 2. The molecule has 2 nitrogen and oxygen atoms in total. The van der Waals surface area contributed by atoms with Crippen molar-refractivity contribution in [1.29, 1.82) is 0 Å². The van der Waals surface area contributed by atoms with Gasteiger partial charge in [0.05, 0.1) is 12.7 Å². The van der Waals surface area contributed by atoms with Crippen LogP contribution < -0.4 is 4.74 Å². The molecule has 2 aromatic carbocycles. The van der Waals surface area contributed by atoms with Crippen molar-refractivity contribution in [2.45, 2.75) is 25.9 Å². The molecule has 2 rings (SSSR count). The van der Waals surface area contributed by atoms with Crippen molar-refractivity contribution in [3.05, 3.63) is 65.7 Å². The number of aliphatic hydroxyl groups excluding tert-OH is 1. The Labute approximate surface area is 114 Å². The molecule has 0 heterocycles. The van der Waals surface area contributed by atoms with Crippen molar-refractivity contribution in [2.24, 2.45) is 0 Å². The molecule has 0 radical (unpaired) electrons. The molecule has 0 bridgehead atoms. The van der Waals surface area contributed by atoms with Gasteiger partial charge in [-0.05, 0) is 43.0 Å². The normalized spacial score (nSPS) is 12.1. The smallest absolute Gasteiger partial charge is 0.119 e. The molecular weight excluding hydrogens is 236 g/mol. The maximum atomic E-state index is 9.41. The monoisotopic (exact) mass is 256 g/mol. The number of benzene rings is 2. The lowest BCUT2D eigenvalue weighted by Crippen LogP contribution is -1.99. The summed E-state index contributed by atoms with van der Waals surface area (Å²) >= 11 is 0. The first-order valence-electron chi connectivity index (χ1n) is 6.70. The number of ether oxygens (including phenoxy) is 1. The van der Waals surface area contributed by atoms with Crippen molar-refractivity contribution in [3.8, 4) is 5.75 Å². The van der Waals surface area contributed by atoms with E-state index < -0.39 is 6.10 Å². The van der Waals surface area contributed by atoms with Crippen LogP contribution >= 0.6 is 0 Å². The molecule has 0 amide bonds. The maximum Gasteiger partial charge on any atom is 0.119 e. The van der Waals surface area contributed by atoms with E-state index in [9.17, 15) is 5.11 Å². The summed E-state index contributed by atoms with van der Waals surface area (Å²) < 4.78 is 5.68. The summed E-state index contributed by atoms with van der Waals surface area (Å²) in [5.41, 5.74) is 2.26. The predicted octanol–water partition coefficient (Wildman–Crippen LogP) is 3.75. The van der Waals surface area contributed by atoms with Gasteiger partial charge in [-0.15, -0.1) is 0 Å². The van der Waals surface area contributed by atoms with Crippen molar-refractivity contribution in [3.63, 3.8) is 0 Å². The van der Waals surface area contributed by atoms with Crippen LogP contribution in [0, 0.1) is 0 Å². The predicted molar refractivity (Wildman–Crippen MR) is 77.3 cm³/mol. The Morgan fingerprint density at radius 1 is 1.00 bits per heavy atom. The van der Waals surface area contributed by atoms with Crippen LogP contribution in [0.25, 0.3) is 0 Å². The highest BCUT2D eigenvalue weighted by molar-refractivity contribution is 5.28. The van der Waals surface area contributed by atoms with Crippen LogP contribution in [0.15, 0.2) is 54.6 Å². The topological polar surface area (TPSA) is 29.5 Å². The van der Waals surface area contributed by atoms with Crippen LogP contribution in [0.2, 0.25) is 0 Å². The van der Waals surface area contributed by atoms with Crippen molar-refractivity contribution in [2.75, 3.05) is 6.61 Å². The molecule has 2 heteroatoms. The van der Waals surface area contributed by atoms with E-state index in [2.05, 4.69) is 24.3 Å². The molecule has 0 aliphatic heterocycles.